The molecule has 126 valence electrons. The highest BCUT2D eigenvalue weighted by Crippen LogP contribution is 2.21. The molecule has 5 nitrogen and oxygen atoms in total. The van der Waals surface area contributed by atoms with E-state index in [4.69, 9.17) is 14.8 Å². The molecule has 0 radical (unpaired) electrons. The van der Waals surface area contributed by atoms with Gasteiger partial charge in [0.2, 0.25) is 0 Å². The molecule has 0 amide bonds. The average Bonchev–Trinajstić information content (AvgIpc) is 2.61. The summed E-state index contributed by atoms with van der Waals surface area (Å²) in [5.74, 6) is 0.840. The third kappa shape index (κ3) is 6.14. The van der Waals surface area contributed by atoms with Crippen molar-refractivity contribution in [1.82, 2.24) is 0 Å². The number of azo groups is 1. The summed E-state index contributed by atoms with van der Waals surface area (Å²) in [5.41, 5.74) is 1.81. The molecule has 0 fully saturated rings. The summed E-state index contributed by atoms with van der Waals surface area (Å²) >= 11 is 0. The Labute approximate surface area is 143 Å². The van der Waals surface area contributed by atoms with Gasteiger partial charge in [0.05, 0.1) is 18.0 Å². The van der Waals surface area contributed by atoms with E-state index < -0.39 is 7.12 Å². The lowest BCUT2D eigenvalue weighted by Gasteiger charge is -2.05. The molecule has 0 saturated heterocycles. The standard InChI is InChI=1S/C18H23BN2O3/c1-2-3-4-5-14-24-18-12-10-17(11-13-18)21-20-16-8-6-15(7-9-16)19(22)23/h6-13,22-23H,2-5,14H2,1H3. The van der Waals surface area contributed by atoms with Crippen LogP contribution in [0.25, 0.3) is 0 Å². The van der Waals surface area contributed by atoms with E-state index in [2.05, 4.69) is 17.2 Å². The van der Waals surface area contributed by atoms with Crippen LogP contribution < -0.4 is 10.2 Å². The molecule has 6 heteroatoms. The zero-order chi connectivity index (χ0) is 17.2. The molecule has 0 aliphatic heterocycles. The average molecular weight is 326 g/mol. The fraction of sp³-hybridized carbons (Fsp3) is 0.333. The third-order valence-electron chi connectivity index (χ3n) is 3.58. The lowest BCUT2D eigenvalue weighted by Crippen LogP contribution is -2.29. The van der Waals surface area contributed by atoms with Crippen LogP contribution in [-0.4, -0.2) is 23.8 Å². The lowest BCUT2D eigenvalue weighted by molar-refractivity contribution is 0.305. The minimum absolute atomic E-state index is 0.425. The highest BCUT2D eigenvalue weighted by Gasteiger charge is 2.09. The summed E-state index contributed by atoms with van der Waals surface area (Å²) in [7, 11) is -1.47. The number of nitrogens with zero attached hydrogens (tertiary/aromatic N) is 2. The maximum absolute atomic E-state index is 9.04. The van der Waals surface area contributed by atoms with Gasteiger partial charge in [0.25, 0.3) is 0 Å². The highest BCUT2D eigenvalue weighted by molar-refractivity contribution is 6.58. The molecule has 0 saturated carbocycles. The zero-order valence-corrected chi connectivity index (χ0v) is 13.9. The number of unbranched alkanes of at least 4 members (excludes halogenated alkanes) is 3. The van der Waals surface area contributed by atoms with Crippen LogP contribution >= 0.6 is 0 Å². The van der Waals surface area contributed by atoms with Crippen molar-refractivity contribution in [2.45, 2.75) is 32.6 Å². The second kappa shape index (κ2) is 9.85. The van der Waals surface area contributed by atoms with Gasteiger partial charge in [-0.1, -0.05) is 38.3 Å². The van der Waals surface area contributed by atoms with Crippen molar-refractivity contribution in [2.75, 3.05) is 6.61 Å². The van der Waals surface area contributed by atoms with Crippen LogP contribution in [-0.2, 0) is 0 Å². The molecular formula is C18H23BN2O3. The van der Waals surface area contributed by atoms with E-state index in [9.17, 15) is 0 Å². The second-order valence-corrected chi connectivity index (χ2v) is 5.57. The van der Waals surface area contributed by atoms with Gasteiger partial charge in [-0.3, -0.25) is 0 Å². The van der Waals surface area contributed by atoms with Crippen LogP contribution in [0.15, 0.2) is 58.8 Å². The number of rotatable bonds is 9. The smallest absolute Gasteiger partial charge is 0.488 e. The van der Waals surface area contributed by atoms with Crippen LogP contribution in [0.3, 0.4) is 0 Å². The van der Waals surface area contributed by atoms with E-state index in [1.165, 1.54) is 19.3 Å². The quantitative estimate of drug-likeness (QED) is 0.419. The van der Waals surface area contributed by atoms with Gasteiger partial charge >= 0.3 is 7.12 Å². The Kier molecular flexibility index (Phi) is 7.46. The minimum Gasteiger partial charge on any atom is -0.494 e. The monoisotopic (exact) mass is 326 g/mol. The Morgan fingerprint density at radius 1 is 0.833 bits per heavy atom. The molecule has 24 heavy (non-hydrogen) atoms. The fourth-order valence-corrected chi connectivity index (χ4v) is 2.16. The van der Waals surface area contributed by atoms with Gasteiger partial charge in [-0.05, 0) is 48.3 Å². The molecule has 0 aliphatic rings. The van der Waals surface area contributed by atoms with E-state index in [1.54, 1.807) is 24.3 Å². The maximum Gasteiger partial charge on any atom is 0.488 e. The molecule has 0 atom stereocenters. The third-order valence-corrected chi connectivity index (χ3v) is 3.58. The van der Waals surface area contributed by atoms with Crippen molar-refractivity contribution in [3.05, 3.63) is 48.5 Å². The molecule has 2 aromatic carbocycles. The Morgan fingerprint density at radius 2 is 1.42 bits per heavy atom. The van der Waals surface area contributed by atoms with E-state index in [0.717, 1.165) is 24.5 Å². The van der Waals surface area contributed by atoms with Crippen molar-refractivity contribution in [3.63, 3.8) is 0 Å². The van der Waals surface area contributed by atoms with Crippen LogP contribution in [0.2, 0.25) is 0 Å². The van der Waals surface area contributed by atoms with Crippen molar-refractivity contribution in [3.8, 4) is 5.75 Å². The van der Waals surface area contributed by atoms with Crippen molar-refractivity contribution in [1.29, 1.82) is 0 Å². The van der Waals surface area contributed by atoms with E-state index in [1.807, 2.05) is 24.3 Å². The molecular weight excluding hydrogens is 303 g/mol. The van der Waals surface area contributed by atoms with E-state index in [0.29, 0.717) is 11.2 Å². The molecule has 0 aromatic heterocycles. The first kappa shape index (κ1) is 18.2. The van der Waals surface area contributed by atoms with Gasteiger partial charge in [0.1, 0.15) is 5.75 Å². The summed E-state index contributed by atoms with van der Waals surface area (Å²) in [6, 6.07) is 14.1. The highest BCUT2D eigenvalue weighted by atomic mass is 16.5. The molecule has 2 N–H and O–H groups in total. The van der Waals surface area contributed by atoms with Crippen LogP contribution in [0.1, 0.15) is 32.6 Å². The number of ether oxygens (including phenoxy) is 1. The van der Waals surface area contributed by atoms with E-state index >= 15 is 0 Å². The van der Waals surface area contributed by atoms with Crippen molar-refractivity contribution < 1.29 is 14.8 Å². The van der Waals surface area contributed by atoms with Gasteiger partial charge in [-0.15, -0.1) is 0 Å². The zero-order valence-electron chi connectivity index (χ0n) is 13.9. The first-order chi connectivity index (χ1) is 11.7. The van der Waals surface area contributed by atoms with Crippen molar-refractivity contribution >= 4 is 24.0 Å². The van der Waals surface area contributed by atoms with Gasteiger partial charge in [0.15, 0.2) is 0 Å². The van der Waals surface area contributed by atoms with Crippen LogP contribution in [0, 0.1) is 0 Å². The van der Waals surface area contributed by atoms with Gasteiger partial charge in [0, 0.05) is 0 Å². The van der Waals surface area contributed by atoms with E-state index in [-0.39, 0.29) is 0 Å². The van der Waals surface area contributed by atoms with Crippen LogP contribution in [0.5, 0.6) is 5.75 Å². The predicted molar refractivity (Wildman–Crippen MR) is 96.5 cm³/mol. The summed E-state index contributed by atoms with van der Waals surface area (Å²) in [4.78, 5) is 0. The largest absolute Gasteiger partial charge is 0.494 e. The Morgan fingerprint density at radius 3 is 1.96 bits per heavy atom. The molecule has 0 unspecified atom stereocenters. The molecule has 0 spiro atoms. The lowest BCUT2D eigenvalue weighted by atomic mass is 9.80. The summed E-state index contributed by atoms with van der Waals surface area (Å²) in [6.45, 7) is 2.93. The minimum atomic E-state index is -1.47. The van der Waals surface area contributed by atoms with Gasteiger partial charge < -0.3 is 14.8 Å². The number of benzene rings is 2. The normalized spacial score (nSPS) is 11.0. The fourth-order valence-electron chi connectivity index (χ4n) is 2.16. The summed E-state index contributed by atoms with van der Waals surface area (Å²) in [5, 5.41) is 26.4. The second-order valence-electron chi connectivity index (χ2n) is 5.57. The number of hydrogen-bond donors (Lipinski definition) is 2. The summed E-state index contributed by atoms with van der Waals surface area (Å²) in [6.07, 6.45) is 4.76. The Hall–Kier alpha value is -2.18. The maximum atomic E-state index is 9.04. The van der Waals surface area contributed by atoms with Crippen LogP contribution in [0.4, 0.5) is 11.4 Å². The molecule has 0 bridgehead atoms. The molecule has 2 aromatic rings. The number of hydrogen-bond acceptors (Lipinski definition) is 5. The van der Waals surface area contributed by atoms with Crippen molar-refractivity contribution in [2.24, 2.45) is 10.2 Å². The first-order valence-corrected chi connectivity index (χ1v) is 8.29. The topological polar surface area (TPSA) is 74.4 Å². The molecule has 0 aliphatic carbocycles. The Balaban J connectivity index is 1.84. The summed E-state index contributed by atoms with van der Waals surface area (Å²) < 4.78 is 5.69. The predicted octanol–water partition coefficient (Wildman–Crippen LogP) is 3.74. The SMILES string of the molecule is CCCCCCOc1ccc(N=Nc2ccc(B(O)O)cc2)cc1. The molecule has 0 heterocycles. The molecule has 2 rings (SSSR count). The van der Waals surface area contributed by atoms with Gasteiger partial charge in [-0.25, -0.2) is 0 Å². The Bertz CT molecular complexity index is 628. The first-order valence-electron chi connectivity index (χ1n) is 8.29. The van der Waals surface area contributed by atoms with Gasteiger partial charge in [-0.2, -0.15) is 10.2 Å².